The van der Waals surface area contributed by atoms with Crippen LogP contribution in [0.5, 0.6) is 0 Å². The molecule has 0 unspecified atom stereocenters. The van der Waals surface area contributed by atoms with Crippen LogP contribution in [0.1, 0.15) is 12.1 Å². The summed E-state index contributed by atoms with van der Waals surface area (Å²) in [5.41, 5.74) is 1.16. The van der Waals surface area contributed by atoms with Gasteiger partial charge in [0, 0.05) is 23.2 Å². The Bertz CT molecular complexity index is 420. The van der Waals surface area contributed by atoms with Crippen LogP contribution in [-0.2, 0) is 6.42 Å². The van der Waals surface area contributed by atoms with E-state index in [-0.39, 0.29) is 0 Å². The summed E-state index contributed by atoms with van der Waals surface area (Å²) < 4.78 is 0. The molecule has 14 heavy (non-hydrogen) atoms. The molecule has 0 fully saturated rings. The number of alkyl halides is 1. The minimum atomic E-state index is 0.699. The van der Waals surface area contributed by atoms with Gasteiger partial charge in [-0.25, -0.2) is 0 Å². The summed E-state index contributed by atoms with van der Waals surface area (Å²) in [6, 6.07) is 10.4. The normalized spacial score (nSPS) is 10.6. The van der Waals surface area contributed by atoms with E-state index < -0.39 is 0 Å². The highest BCUT2D eigenvalue weighted by Crippen LogP contribution is 2.17. The lowest BCUT2D eigenvalue weighted by atomic mass is 10.1. The fraction of sp³-hybridized carbons (Fsp3) is 0.250. The van der Waals surface area contributed by atoms with E-state index in [1.807, 2.05) is 24.4 Å². The average Bonchev–Trinajstić information content (AvgIpc) is 2.26. The Morgan fingerprint density at radius 2 is 2.00 bits per heavy atom. The molecule has 0 aliphatic rings. The van der Waals surface area contributed by atoms with Gasteiger partial charge < -0.3 is 0 Å². The van der Waals surface area contributed by atoms with E-state index in [2.05, 4.69) is 17.1 Å². The minimum absolute atomic E-state index is 0.699. The molecule has 0 saturated heterocycles. The number of halogens is 1. The first-order valence-corrected chi connectivity index (χ1v) is 5.34. The van der Waals surface area contributed by atoms with Crippen molar-refractivity contribution in [2.75, 3.05) is 5.88 Å². The first kappa shape index (κ1) is 9.47. The number of aryl methyl sites for hydroxylation is 1. The highest BCUT2D eigenvalue weighted by Gasteiger charge is 2.00. The van der Waals surface area contributed by atoms with Gasteiger partial charge in [-0.05, 0) is 24.3 Å². The molecule has 0 spiro atoms. The van der Waals surface area contributed by atoms with E-state index in [4.69, 9.17) is 11.6 Å². The molecule has 1 heterocycles. The number of aromatic nitrogens is 1. The Hall–Kier alpha value is -1.08. The molecule has 1 aromatic heterocycles. The van der Waals surface area contributed by atoms with Crippen molar-refractivity contribution in [1.29, 1.82) is 0 Å². The van der Waals surface area contributed by atoms with Gasteiger partial charge in [-0.3, -0.25) is 4.98 Å². The molecular weight excluding hydrogens is 194 g/mol. The summed E-state index contributed by atoms with van der Waals surface area (Å²) in [5, 5.41) is 2.51. The van der Waals surface area contributed by atoms with Crippen LogP contribution in [0.3, 0.4) is 0 Å². The standard InChI is InChI=1S/C12H12ClN/c13-8-3-6-12-11-5-2-1-4-10(11)7-9-14-12/h1-2,4-5,7,9H,3,6,8H2. The second-order valence-electron chi connectivity index (χ2n) is 3.27. The number of hydrogen-bond acceptors (Lipinski definition) is 1. The minimum Gasteiger partial charge on any atom is -0.261 e. The van der Waals surface area contributed by atoms with Crippen LogP contribution >= 0.6 is 11.6 Å². The number of benzene rings is 1. The van der Waals surface area contributed by atoms with Gasteiger partial charge in [-0.15, -0.1) is 11.6 Å². The third kappa shape index (κ3) is 1.88. The molecule has 0 radical (unpaired) electrons. The lowest BCUT2D eigenvalue weighted by molar-refractivity contribution is 0.899. The summed E-state index contributed by atoms with van der Waals surface area (Å²) in [7, 11) is 0. The molecule has 2 heteroatoms. The molecule has 2 aromatic rings. The Morgan fingerprint density at radius 1 is 1.14 bits per heavy atom. The Kier molecular flexibility index (Phi) is 3.00. The van der Waals surface area contributed by atoms with Gasteiger partial charge in [-0.2, -0.15) is 0 Å². The Morgan fingerprint density at radius 3 is 2.86 bits per heavy atom. The first-order valence-electron chi connectivity index (χ1n) is 4.80. The van der Waals surface area contributed by atoms with Crippen molar-refractivity contribution in [1.82, 2.24) is 4.98 Å². The van der Waals surface area contributed by atoms with E-state index in [0.717, 1.165) is 18.5 Å². The van der Waals surface area contributed by atoms with Crippen molar-refractivity contribution >= 4 is 22.4 Å². The number of hydrogen-bond donors (Lipinski definition) is 0. The maximum atomic E-state index is 5.67. The van der Waals surface area contributed by atoms with Gasteiger partial charge in [0.15, 0.2) is 0 Å². The van der Waals surface area contributed by atoms with Gasteiger partial charge in [0.05, 0.1) is 0 Å². The van der Waals surface area contributed by atoms with E-state index in [9.17, 15) is 0 Å². The van der Waals surface area contributed by atoms with Gasteiger partial charge in [0.1, 0.15) is 0 Å². The van der Waals surface area contributed by atoms with Crippen LogP contribution in [0, 0.1) is 0 Å². The number of fused-ring (bicyclic) bond motifs is 1. The molecule has 0 aliphatic heterocycles. The van der Waals surface area contributed by atoms with E-state index in [0.29, 0.717) is 5.88 Å². The highest BCUT2D eigenvalue weighted by atomic mass is 35.5. The first-order chi connectivity index (χ1) is 6.92. The van der Waals surface area contributed by atoms with Crippen LogP contribution in [0.4, 0.5) is 0 Å². The zero-order valence-electron chi connectivity index (χ0n) is 7.91. The largest absolute Gasteiger partial charge is 0.261 e. The van der Waals surface area contributed by atoms with Crippen LogP contribution in [0.2, 0.25) is 0 Å². The molecule has 0 saturated carbocycles. The molecule has 0 atom stereocenters. The molecule has 1 nitrogen and oxygen atoms in total. The fourth-order valence-corrected chi connectivity index (χ4v) is 1.75. The molecule has 0 amide bonds. The third-order valence-corrected chi connectivity index (χ3v) is 2.57. The van der Waals surface area contributed by atoms with Crippen molar-refractivity contribution in [3.05, 3.63) is 42.2 Å². The lowest BCUT2D eigenvalue weighted by Gasteiger charge is -2.03. The Labute approximate surface area is 88.7 Å². The molecule has 1 aromatic carbocycles. The van der Waals surface area contributed by atoms with E-state index in [1.165, 1.54) is 10.8 Å². The summed E-state index contributed by atoms with van der Waals surface area (Å²) in [6.45, 7) is 0. The predicted octanol–water partition coefficient (Wildman–Crippen LogP) is 3.41. The van der Waals surface area contributed by atoms with Crippen molar-refractivity contribution in [3.63, 3.8) is 0 Å². The lowest BCUT2D eigenvalue weighted by Crippen LogP contribution is -1.92. The van der Waals surface area contributed by atoms with Gasteiger partial charge in [-0.1, -0.05) is 24.3 Å². The Balaban J connectivity index is 2.43. The summed E-state index contributed by atoms with van der Waals surface area (Å²) in [4.78, 5) is 4.39. The predicted molar refractivity (Wildman–Crippen MR) is 60.8 cm³/mol. The second kappa shape index (κ2) is 4.43. The maximum absolute atomic E-state index is 5.67. The molecular formula is C12H12ClN. The zero-order chi connectivity index (χ0) is 9.80. The van der Waals surface area contributed by atoms with Crippen molar-refractivity contribution in [2.24, 2.45) is 0 Å². The molecule has 0 N–H and O–H groups in total. The van der Waals surface area contributed by atoms with Gasteiger partial charge >= 0.3 is 0 Å². The summed E-state index contributed by atoms with van der Waals surface area (Å²) in [6.07, 6.45) is 3.82. The van der Waals surface area contributed by atoms with Gasteiger partial charge in [0.25, 0.3) is 0 Å². The van der Waals surface area contributed by atoms with Crippen molar-refractivity contribution < 1.29 is 0 Å². The topological polar surface area (TPSA) is 12.9 Å². The SMILES string of the molecule is ClCCCc1nccc2ccccc12. The van der Waals surface area contributed by atoms with Crippen molar-refractivity contribution in [2.45, 2.75) is 12.8 Å². The number of pyridine rings is 1. The quantitative estimate of drug-likeness (QED) is 0.700. The highest BCUT2D eigenvalue weighted by molar-refractivity contribution is 6.17. The van der Waals surface area contributed by atoms with Crippen LogP contribution in [0.25, 0.3) is 10.8 Å². The van der Waals surface area contributed by atoms with E-state index in [1.54, 1.807) is 0 Å². The average molecular weight is 206 g/mol. The fourth-order valence-electron chi connectivity index (χ4n) is 1.62. The monoisotopic (exact) mass is 205 g/mol. The van der Waals surface area contributed by atoms with Gasteiger partial charge in [0.2, 0.25) is 0 Å². The molecule has 72 valence electrons. The van der Waals surface area contributed by atoms with E-state index >= 15 is 0 Å². The summed E-state index contributed by atoms with van der Waals surface area (Å²) in [5.74, 6) is 0.699. The van der Waals surface area contributed by atoms with Crippen molar-refractivity contribution in [3.8, 4) is 0 Å². The molecule has 0 aliphatic carbocycles. The van der Waals surface area contributed by atoms with Crippen LogP contribution in [0.15, 0.2) is 36.5 Å². The molecule has 2 rings (SSSR count). The summed E-state index contributed by atoms with van der Waals surface area (Å²) >= 11 is 5.67. The molecule has 0 bridgehead atoms. The van der Waals surface area contributed by atoms with Crippen LogP contribution in [-0.4, -0.2) is 10.9 Å². The number of rotatable bonds is 3. The van der Waals surface area contributed by atoms with Crippen LogP contribution < -0.4 is 0 Å². The smallest absolute Gasteiger partial charge is 0.0482 e. The second-order valence-corrected chi connectivity index (χ2v) is 3.65. The maximum Gasteiger partial charge on any atom is 0.0482 e. The zero-order valence-corrected chi connectivity index (χ0v) is 8.67. The third-order valence-electron chi connectivity index (χ3n) is 2.30. The number of nitrogens with zero attached hydrogens (tertiary/aromatic N) is 1.